The van der Waals surface area contributed by atoms with E-state index >= 15 is 0 Å². The molecule has 1 heterocycles. The smallest absolute Gasteiger partial charge is 0.408 e. The summed E-state index contributed by atoms with van der Waals surface area (Å²) < 4.78 is 29.2. The number of amides is 1. The molecule has 0 fully saturated rings. The predicted molar refractivity (Wildman–Crippen MR) is 112 cm³/mol. The molecule has 1 aromatic heterocycles. The third kappa shape index (κ3) is 7.34. The Morgan fingerprint density at radius 1 is 1.19 bits per heavy atom. The zero-order chi connectivity index (χ0) is 23.0. The van der Waals surface area contributed by atoms with Crippen molar-refractivity contribution in [3.05, 3.63) is 36.0 Å². The Bertz CT molecular complexity index is 861. The minimum atomic E-state index is -0.772. The summed E-state index contributed by atoms with van der Waals surface area (Å²) in [6, 6.07) is 4.93. The fourth-order valence-corrected chi connectivity index (χ4v) is 2.83. The number of nitrogens with one attached hydrogen (secondary N) is 1. The maximum atomic E-state index is 13.1. The normalized spacial score (nSPS) is 13.4. The van der Waals surface area contributed by atoms with Gasteiger partial charge in [-0.3, -0.25) is 0 Å². The van der Waals surface area contributed by atoms with Gasteiger partial charge in [0, 0.05) is 5.56 Å². The Kier molecular flexibility index (Phi) is 8.53. The lowest BCUT2D eigenvalue weighted by Crippen LogP contribution is -2.45. The van der Waals surface area contributed by atoms with Gasteiger partial charge in [-0.05, 0) is 36.1 Å². The van der Waals surface area contributed by atoms with E-state index in [1.54, 1.807) is 12.1 Å². The highest BCUT2D eigenvalue weighted by Crippen LogP contribution is 2.27. The second-order valence-corrected chi connectivity index (χ2v) is 8.33. The van der Waals surface area contributed by atoms with Gasteiger partial charge in [-0.1, -0.05) is 40.5 Å². The number of hydrogen-bond donors (Lipinski definition) is 1. The number of nitrogens with zero attached hydrogens (tertiary/aromatic N) is 2. The third-order valence-corrected chi connectivity index (χ3v) is 4.76. The predicted octanol–water partition coefficient (Wildman–Crippen LogP) is 4.29. The summed E-state index contributed by atoms with van der Waals surface area (Å²) in [6.45, 7) is 7.73. The lowest BCUT2D eigenvalue weighted by atomic mass is 9.87. The zero-order valence-electron chi connectivity index (χ0n) is 18.6. The summed E-state index contributed by atoms with van der Waals surface area (Å²) in [6.07, 6.45) is 0.967. The quantitative estimate of drug-likeness (QED) is 0.586. The van der Waals surface area contributed by atoms with Crippen LogP contribution in [0.1, 0.15) is 52.8 Å². The van der Waals surface area contributed by atoms with Gasteiger partial charge in [0.05, 0.1) is 13.5 Å². The summed E-state index contributed by atoms with van der Waals surface area (Å²) in [4.78, 5) is 24.4. The van der Waals surface area contributed by atoms with Crippen molar-refractivity contribution in [2.24, 2.45) is 5.41 Å². The Morgan fingerprint density at radius 3 is 2.45 bits per heavy atom. The number of carbonyl (C=O) groups excluding carboxylic acids is 2. The summed E-state index contributed by atoms with van der Waals surface area (Å²) in [5.41, 5.74) is 0.148. The van der Waals surface area contributed by atoms with Crippen LogP contribution in [0.5, 0.6) is 0 Å². The molecule has 0 bridgehead atoms. The van der Waals surface area contributed by atoms with Crippen molar-refractivity contribution in [2.45, 2.75) is 65.5 Å². The van der Waals surface area contributed by atoms with Gasteiger partial charge in [0.1, 0.15) is 18.0 Å². The molecule has 0 saturated heterocycles. The number of halogens is 1. The summed E-state index contributed by atoms with van der Waals surface area (Å²) in [5.74, 6) is -0.349. The molecule has 8 nitrogen and oxygen atoms in total. The van der Waals surface area contributed by atoms with E-state index in [4.69, 9.17) is 13.9 Å². The molecule has 170 valence electrons. The van der Waals surface area contributed by atoms with Crippen LogP contribution in [0.2, 0.25) is 0 Å². The first-order chi connectivity index (χ1) is 14.6. The Morgan fingerprint density at radius 2 is 1.87 bits per heavy atom. The van der Waals surface area contributed by atoms with Gasteiger partial charge in [-0.2, -0.15) is 0 Å². The number of benzene rings is 1. The van der Waals surface area contributed by atoms with Crippen molar-refractivity contribution >= 4 is 12.1 Å². The molecule has 0 unspecified atom stereocenters. The van der Waals surface area contributed by atoms with Gasteiger partial charge in [-0.15, -0.1) is 10.2 Å². The fraction of sp³-hybridized carbons (Fsp3) is 0.545. The molecule has 0 spiro atoms. The minimum Gasteiger partial charge on any atom is -0.467 e. The average Bonchev–Trinajstić information content (AvgIpc) is 3.18. The van der Waals surface area contributed by atoms with Crippen LogP contribution in [-0.2, 0) is 20.7 Å². The highest BCUT2D eigenvalue weighted by Gasteiger charge is 2.32. The lowest BCUT2D eigenvalue weighted by molar-refractivity contribution is -0.143. The van der Waals surface area contributed by atoms with Crippen molar-refractivity contribution in [3.8, 4) is 11.5 Å². The molecule has 0 radical (unpaired) electrons. The van der Waals surface area contributed by atoms with Gasteiger partial charge < -0.3 is 19.2 Å². The lowest BCUT2D eigenvalue weighted by Gasteiger charge is -2.30. The van der Waals surface area contributed by atoms with Crippen molar-refractivity contribution < 1.29 is 27.9 Å². The molecule has 2 aromatic rings. The Hall–Kier alpha value is -2.97. The number of rotatable bonds is 9. The highest BCUT2D eigenvalue weighted by molar-refractivity contribution is 5.81. The fourth-order valence-electron chi connectivity index (χ4n) is 2.83. The molecule has 9 heteroatoms. The number of hydrogen-bond acceptors (Lipinski definition) is 7. The number of esters is 1. The second kappa shape index (κ2) is 10.9. The van der Waals surface area contributed by atoms with Crippen LogP contribution < -0.4 is 5.32 Å². The molecule has 0 aliphatic rings. The van der Waals surface area contributed by atoms with Crippen LogP contribution in [0.15, 0.2) is 28.7 Å². The molecule has 1 aromatic carbocycles. The largest absolute Gasteiger partial charge is 0.467 e. The SMILES string of the molecule is CCCC[C@H](NC(=O)O[C@H](Cc1nnc(-c2ccc(F)cc2)o1)C(C)(C)C)C(=O)OC. The van der Waals surface area contributed by atoms with Gasteiger partial charge in [-0.25, -0.2) is 14.0 Å². The number of ether oxygens (including phenoxy) is 2. The van der Waals surface area contributed by atoms with Crippen LogP contribution in [0.3, 0.4) is 0 Å². The van der Waals surface area contributed by atoms with E-state index in [0.29, 0.717) is 12.0 Å². The molecule has 1 amide bonds. The van der Waals surface area contributed by atoms with E-state index in [1.165, 1.54) is 19.2 Å². The van der Waals surface area contributed by atoms with Crippen molar-refractivity contribution in [1.82, 2.24) is 15.5 Å². The number of carbonyl (C=O) groups is 2. The van der Waals surface area contributed by atoms with Gasteiger partial charge >= 0.3 is 12.1 Å². The standard InChI is InChI=1S/C22H30FN3O5/c1-6-7-8-16(20(27)29-5)24-21(28)30-17(22(2,3)4)13-18-25-26-19(31-18)14-9-11-15(23)12-10-14/h9-12,16-17H,6-8,13H2,1-5H3,(H,24,28)/t16-,17+/m0/s1. The maximum Gasteiger partial charge on any atom is 0.408 e. The molecule has 1 N–H and O–H groups in total. The van der Waals surface area contributed by atoms with E-state index < -0.39 is 29.6 Å². The molecule has 2 atom stereocenters. The first kappa shape index (κ1) is 24.3. The van der Waals surface area contributed by atoms with E-state index in [0.717, 1.165) is 12.8 Å². The van der Waals surface area contributed by atoms with Gasteiger partial charge in [0.15, 0.2) is 0 Å². The van der Waals surface area contributed by atoms with E-state index in [1.807, 2.05) is 27.7 Å². The van der Waals surface area contributed by atoms with Crippen LogP contribution in [-0.4, -0.2) is 41.5 Å². The Balaban J connectivity index is 2.07. The summed E-state index contributed by atoms with van der Waals surface area (Å²) >= 11 is 0. The topological polar surface area (TPSA) is 104 Å². The maximum absolute atomic E-state index is 13.1. The third-order valence-electron chi connectivity index (χ3n) is 4.76. The van der Waals surface area contributed by atoms with Gasteiger partial charge in [0.25, 0.3) is 0 Å². The Labute approximate surface area is 181 Å². The molecule has 31 heavy (non-hydrogen) atoms. The minimum absolute atomic E-state index is 0.183. The second-order valence-electron chi connectivity index (χ2n) is 8.33. The molecule has 0 aliphatic heterocycles. The summed E-state index contributed by atoms with van der Waals surface area (Å²) in [7, 11) is 1.28. The van der Waals surface area contributed by atoms with Crippen LogP contribution >= 0.6 is 0 Å². The van der Waals surface area contributed by atoms with Crippen LogP contribution in [0.25, 0.3) is 11.5 Å². The molecule has 0 aliphatic carbocycles. The number of unbranched alkanes of at least 4 members (excludes halogenated alkanes) is 1. The van der Waals surface area contributed by atoms with E-state index in [-0.39, 0.29) is 24.0 Å². The first-order valence-corrected chi connectivity index (χ1v) is 10.3. The molecular formula is C22H30FN3O5. The van der Waals surface area contributed by atoms with Crippen molar-refractivity contribution in [3.63, 3.8) is 0 Å². The molecule has 0 saturated carbocycles. The van der Waals surface area contributed by atoms with E-state index in [2.05, 4.69) is 15.5 Å². The van der Waals surface area contributed by atoms with Gasteiger partial charge in [0.2, 0.25) is 11.8 Å². The molecular weight excluding hydrogens is 405 g/mol. The van der Waals surface area contributed by atoms with E-state index in [9.17, 15) is 14.0 Å². The number of aromatic nitrogens is 2. The summed E-state index contributed by atoms with van der Waals surface area (Å²) in [5, 5.41) is 10.6. The van der Waals surface area contributed by atoms with Crippen LogP contribution in [0.4, 0.5) is 9.18 Å². The van der Waals surface area contributed by atoms with Crippen LogP contribution in [0, 0.1) is 11.2 Å². The number of alkyl carbamates (subject to hydrolysis) is 1. The average molecular weight is 435 g/mol. The van der Waals surface area contributed by atoms with Crippen molar-refractivity contribution in [1.29, 1.82) is 0 Å². The zero-order valence-corrected chi connectivity index (χ0v) is 18.6. The monoisotopic (exact) mass is 435 g/mol. The number of methoxy groups -OCH3 is 1. The van der Waals surface area contributed by atoms with Crippen molar-refractivity contribution in [2.75, 3.05) is 7.11 Å². The first-order valence-electron chi connectivity index (χ1n) is 10.3. The molecule has 2 rings (SSSR count). The highest BCUT2D eigenvalue weighted by atomic mass is 19.1.